The van der Waals surface area contributed by atoms with E-state index in [0.29, 0.717) is 19.3 Å². The highest BCUT2D eigenvalue weighted by Crippen LogP contribution is 2.67. The first kappa shape index (κ1) is 13.0. The van der Waals surface area contributed by atoms with Crippen molar-refractivity contribution < 1.29 is 8.78 Å². The number of rotatable bonds is 2. The molecule has 0 unspecified atom stereocenters. The second-order valence-electron chi connectivity index (χ2n) is 6.42. The molecule has 15 heavy (non-hydrogen) atoms. The van der Waals surface area contributed by atoms with E-state index < -0.39 is 11.2 Å². The lowest BCUT2D eigenvalue weighted by Crippen LogP contribution is -2.59. The number of alkyl halides is 2. The lowest BCUT2D eigenvalue weighted by atomic mass is 9.41. The monoisotopic (exact) mass is 214 g/mol. The molecule has 1 aliphatic carbocycles. The third-order valence-corrected chi connectivity index (χ3v) is 4.65. The molecule has 0 amide bonds. The zero-order valence-electron chi connectivity index (χ0n) is 10.5. The summed E-state index contributed by atoms with van der Waals surface area (Å²) in [5.74, 6) is -3.04. The van der Waals surface area contributed by atoms with Crippen molar-refractivity contribution in [1.29, 1.82) is 0 Å². The van der Waals surface area contributed by atoms with Gasteiger partial charge in [0.2, 0.25) is 5.82 Å². The fourth-order valence-electron chi connectivity index (χ4n) is 2.69. The molecule has 1 saturated carbocycles. The molecule has 0 aromatic rings. The van der Waals surface area contributed by atoms with Crippen molar-refractivity contribution in [2.24, 2.45) is 16.2 Å². The van der Waals surface area contributed by atoms with Crippen LogP contribution in [0.15, 0.2) is 0 Å². The van der Waals surface area contributed by atoms with Gasteiger partial charge in [0.25, 0.3) is 0 Å². The highest BCUT2D eigenvalue weighted by molar-refractivity contribution is 6.13. The second-order valence-corrected chi connectivity index (χ2v) is 6.42. The first-order chi connectivity index (χ1) is 6.47. The molecular weight excluding hydrogens is 193 g/mol. The van der Waals surface area contributed by atoms with Gasteiger partial charge in [0.05, 0.1) is 0 Å². The minimum absolute atomic E-state index is 0.00812. The average Bonchev–Trinajstić information content (AvgIpc) is 1.93. The van der Waals surface area contributed by atoms with Crippen molar-refractivity contribution in [1.82, 2.24) is 0 Å². The van der Waals surface area contributed by atoms with Crippen LogP contribution in [0.3, 0.4) is 0 Å². The van der Waals surface area contributed by atoms with Crippen molar-refractivity contribution in [2.45, 2.75) is 59.7 Å². The van der Waals surface area contributed by atoms with Gasteiger partial charge >= 0.3 is 0 Å². The van der Waals surface area contributed by atoms with Crippen LogP contribution in [0.4, 0.5) is 8.78 Å². The first-order valence-electron chi connectivity index (χ1n) is 5.64. The van der Waals surface area contributed by atoms with Crippen molar-refractivity contribution >= 4 is 7.85 Å². The quantitative estimate of drug-likeness (QED) is 0.609. The van der Waals surface area contributed by atoms with Crippen LogP contribution >= 0.6 is 0 Å². The van der Waals surface area contributed by atoms with Crippen LogP contribution in [0.5, 0.6) is 0 Å². The molecule has 0 aliphatic heterocycles. The van der Waals surface area contributed by atoms with Gasteiger partial charge < -0.3 is 0 Å². The summed E-state index contributed by atoms with van der Waals surface area (Å²) in [6.07, 6.45) is 1.52. The minimum Gasteiger partial charge on any atom is -0.219 e. The van der Waals surface area contributed by atoms with Gasteiger partial charge in [-0.2, -0.15) is 0 Å². The predicted octanol–water partition coefficient (Wildman–Crippen LogP) is 3.99. The Hall–Kier alpha value is -0.0751. The van der Waals surface area contributed by atoms with Gasteiger partial charge in [0.1, 0.15) is 0 Å². The van der Waals surface area contributed by atoms with Crippen molar-refractivity contribution in [3.63, 3.8) is 0 Å². The SMILES string of the molecule is [B]C(F)(F)C1(CC)CC(C)(C(C)(C)C)C1. The molecule has 1 aliphatic rings. The summed E-state index contributed by atoms with van der Waals surface area (Å²) in [7, 11) is 5.02. The van der Waals surface area contributed by atoms with Gasteiger partial charge in [-0.25, -0.2) is 8.78 Å². The first-order valence-corrected chi connectivity index (χ1v) is 5.64. The van der Waals surface area contributed by atoms with Crippen LogP contribution < -0.4 is 0 Å². The third kappa shape index (κ3) is 1.83. The van der Waals surface area contributed by atoms with Crippen LogP contribution in [0.2, 0.25) is 0 Å². The molecule has 86 valence electrons. The molecule has 3 heteroatoms. The molecule has 0 aromatic carbocycles. The molecular formula is C12H21BF2. The molecule has 0 N–H and O–H groups in total. The zero-order valence-corrected chi connectivity index (χ0v) is 10.5. The Balaban J connectivity index is 2.84. The maximum atomic E-state index is 13.3. The van der Waals surface area contributed by atoms with Crippen molar-refractivity contribution in [2.75, 3.05) is 0 Å². The summed E-state index contributed by atoms with van der Waals surface area (Å²) in [5, 5.41) is 0. The van der Waals surface area contributed by atoms with E-state index in [-0.39, 0.29) is 10.8 Å². The van der Waals surface area contributed by atoms with Gasteiger partial charge in [-0.3, -0.25) is 0 Å². The Bertz CT molecular complexity index is 241. The summed E-state index contributed by atoms with van der Waals surface area (Å²) in [6, 6.07) is 0. The Kier molecular flexibility index (Phi) is 2.78. The van der Waals surface area contributed by atoms with Crippen LogP contribution in [0.25, 0.3) is 0 Å². The smallest absolute Gasteiger partial charge is 0.205 e. The van der Waals surface area contributed by atoms with Gasteiger partial charge in [-0.05, 0) is 30.1 Å². The number of hydrogen-bond donors (Lipinski definition) is 0. The second kappa shape index (κ2) is 3.21. The molecule has 1 rings (SSSR count). The standard InChI is InChI=1S/C12H21BF2/c1-6-11(12(13,14)15)7-10(5,8-11)9(2,3)4/h6-8H2,1-5H3. The molecule has 1 fully saturated rings. The number of halogens is 2. The zero-order chi connectivity index (χ0) is 12.1. The van der Waals surface area contributed by atoms with E-state index in [2.05, 4.69) is 27.7 Å². The lowest BCUT2D eigenvalue weighted by molar-refractivity contribution is -0.194. The Morgan fingerprint density at radius 3 is 1.80 bits per heavy atom. The van der Waals surface area contributed by atoms with E-state index in [4.69, 9.17) is 7.85 Å². The predicted molar refractivity (Wildman–Crippen MR) is 60.2 cm³/mol. The lowest BCUT2D eigenvalue weighted by Gasteiger charge is -2.62. The summed E-state index contributed by atoms with van der Waals surface area (Å²) in [4.78, 5) is 0. The van der Waals surface area contributed by atoms with E-state index in [0.717, 1.165) is 0 Å². The van der Waals surface area contributed by atoms with Gasteiger partial charge in [0.15, 0.2) is 7.85 Å². The van der Waals surface area contributed by atoms with Crippen molar-refractivity contribution in [3.8, 4) is 0 Å². The minimum atomic E-state index is -3.04. The summed E-state index contributed by atoms with van der Waals surface area (Å²) in [6.45, 7) is 10.2. The van der Waals surface area contributed by atoms with Gasteiger partial charge in [0, 0.05) is 5.41 Å². The molecule has 0 saturated heterocycles. The molecule has 0 spiro atoms. The molecule has 0 bridgehead atoms. The molecule has 0 nitrogen and oxygen atoms in total. The third-order valence-electron chi connectivity index (χ3n) is 4.65. The highest BCUT2D eigenvalue weighted by Gasteiger charge is 2.63. The van der Waals surface area contributed by atoms with Gasteiger partial charge in [-0.1, -0.05) is 34.6 Å². The van der Waals surface area contributed by atoms with Gasteiger partial charge in [-0.15, -0.1) is 0 Å². The van der Waals surface area contributed by atoms with Crippen LogP contribution in [0.1, 0.15) is 53.9 Å². The topological polar surface area (TPSA) is 0 Å². The molecule has 0 heterocycles. The fourth-order valence-corrected chi connectivity index (χ4v) is 2.69. The Morgan fingerprint density at radius 2 is 1.60 bits per heavy atom. The molecule has 2 radical (unpaired) electrons. The number of hydrogen-bond acceptors (Lipinski definition) is 0. The van der Waals surface area contributed by atoms with E-state index >= 15 is 0 Å². The normalized spacial score (nSPS) is 37.5. The van der Waals surface area contributed by atoms with E-state index in [1.165, 1.54) is 0 Å². The molecule has 0 aromatic heterocycles. The summed E-state index contributed by atoms with van der Waals surface area (Å²) < 4.78 is 26.7. The van der Waals surface area contributed by atoms with Crippen LogP contribution in [-0.4, -0.2) is 13.7 Å². The molecule has 0 atom stereocenters. The maximum absolute atomic E-state index is 13.3. The largest absolute Gasteiger partial charge is 0.219 e. The van der Waals surface area contributed by atoms with Crippen LogP contribution in [0, 0.1) is 16.2 Å². The Labute approximate surface area is 93.2 Å². The van der Waals surface area contributed by atoms with E-state index in [9.17, 15) is 8.78 Å². The van der Waals surface area contributed by atoms with E-state index in [1.54, 1.807) is 0 Å². The highest BCUT2D eigenvalue weighted by atomic mass is 19.3. The van der Waals surface area contributed by atoms with Crippen LogP contribution in [-0.2, 0) is 0 Å². The fraction of sp³-hybridized carbons (Fsp3) is 1.00. The summed E-state index contributed by atoms with van der Waals surface area (Å²) >= 11 is 0. The Morgan fingerprint density at radius 1 is 1.20 bits per heavy atom. The summed E-state index contributed by atoms with van der Waals surface area (Å²) in [5.41, 5.74) is -0.905. The average molecular weight is 214 g/mol. The van der Waals surface area contributed by atoms with E-state index in [1.807, 2.05) is 6.92 Å². The van der Waals surface area contributed by atoms with Crippen molar-refractivity contribution in [3.05, 3.63) is 0 Å². The maximum Gasteiger partial charge on any atom is 0.205 e.